The largest absolute Gasteiger partial charge is 0.496 e. The fourth-order valence-electron chi connectivity index (χ4n) is 3.90. The van der Waals surface area contributed by atoms with Crippen LogP contribution in [-0.2, 0) is 14.9 Å². The zero-order valence-corrected chi connectivity index (χ0v) is 16.7. The molecule has 0 heterocycles. The van der Waals surface area contributed by atoms with Gasteiger partial charge in [0.25, 0.3) is 0 Å². The molecule has 2 aromatic rings. The number of hydrogen-bond donors (Lipinski definition) is 1. The van der Waals surface area contributed by atoms with E-state index in [1.165, 1.54) is 12.7 Å². The summed E-state index contributed by atoms with van der Waals surface area (Å²) < 4.78 is 10.4. The summed E-state index contributed by atoms with van der Waals surface area (Å²) in [4.78, 5) is 25.5. The normalized spacial score (nSPS) is 15.1. The minimum absolute atomic E-state index is 0.0335. The second kappa shape index (κ2) is 8.46. The second-order valence-electron chi connectivity index (χ2n) is 7.24. The zero-order valence-electron chi connectivity index (χ0n) is 16.7. The van der Waals surface area contributed by atoms with Crippen molar-refractivity contribution < 1.29 is 19.1 Å². The highest BCUT2D eigenvalue weighted by molar-refractivity contribution is 6.01. The lowest BCUT2D eigenvalue weighted by molar-refractivity contribution is -0.121. The van der Waals surface area contributed by atoms with Crippen LogP contribution in [0.15, 0.2) is 42.5 Å². The molecule has 5 heteroatoms. The van der Waals surface area contributed by atoms with Crippen LogP contribution in [0.4, 0.5) is 5.69 Å². The zero-order chi connectivity index (χ0) is 20.1. The summed E-state index contributed by atoms with van der Waals surface area (Å²) >= 11 is 0. The number of methoxy groups -OCH3 is 1. The monoisotopic (exact) mass is 381 g/mol. The van der Waals surface area contributed by atoms with Gasteiger partial charge < -0.3 is 14.8 Å². The van der Waals surface area contributed by atoms with Crippen molar-refractivity contribution in [2.45, 2.75) is 44.9 Å². The minimum atomic E-state index is -0.530. The molecule has 1 aliphatic rings. The lowest BCUT2D eigenvalue weighted by atomic mass is 9.77. The van der Waals surface area contributed by atoms with Crippen molar-refractivity contribution in [2.75, 3.05) is 19.0 Å². The molecule has 148 valence electrons. The molecule has 0 saturated heterocycles. The van der Waals surface area contributed by atoms with Crippen LogP contribution in [0, 0.1) is 6.92 Å². The van der Waals surface area contributed by atoms with Gasteiger partial charge in [-0.05, 0) is 50.5 Å². The van der Waals surface area contributed by atoms with Crippen LogP contribution in [0.3, 0.4) is 0 Å². The third-order valence-electron chi connectivity index (χ3n) is 5.45. The van der Waals surface area contributed by atoms with Crippen LogP contribution in [0.5, 0.6) is 5.75 Å². The molecule has 0 atom stereocenters. The first kappa shape index (κ1) is 19.9. The van der Waals surface area contributed by atoms with Crippen molar-refractivity contribution in [1.82, 2.24) is 0 Å². The smallest absolute Gasteiger partial charge is 0.341 e. The van der Waals surface area contributed by atoms with Gasteiger partial charge in [0.1, 0.15) is 11.3 Å². The number of rotatable bonds is 6. The molecular weight excluding hydrogens is 354 g/mol. The Morgan fingerprint density at radius 2 is 1.75 bits per heavy atom. The van der Waals surface area contributed by atoms with Gasteiger partial charge in [-0.25, -0.2) is 4.79 Å². The first-order valence-electron chi connectivity index (χ1n) is 9.74. The Kier molecular flexibility index (Phi) is 6.02. The maximum atomic E-state index is 13.3. The molecule has 2 aromatic carbocycles. The van der Waals surface area contributed by atoms with Crippen LogP contribution >= 0.6 is 0 Å². The number of aryl methyl sites for hydroxylation is 1. The van der Waals surface area contributed by atoms with E-state index in [1.807, 2.05) is 6.92 Å². The first-order valence-corrected chi connectivity index (χ1v) is 9.74. The van der Waals surface area contributed by atoms with E-state index in [4.69, 9.17) is 9.47 Å². The molecule has 1 saturated carbocycles. The van der Waals surface area contributed by atoms with Crippen LogP contribution in [0.1, 0.15) is 54.1 Å². The number of ether oxygens (including phenoxy) is 2. The number of nitrogens with one attached hydrogen (secondary N) is 1. The molecule has 1 aliphatic carbocycles. The fourth-order valence-corrected chi connectivity index (χ4v) is 3.90. The average molecular weight is 381 g/mol. The standard InChI is InChI=1S/C23H27NO4/c1-4-28-21(25)19-15-18(11-12-20(19)27-3)24-22(26)23(13-5-6-14-23)17-9-7-16(2)8-10-17/h7-12,15H,4-6,13-14H2,1-3H3,(H,24,26). The SMILES string of the molecule is CCOC(=O)c1cc(NC(=O)C2(c3ccc(C)cc3)CCCC2)ccc1OC. The van der Waals surface area contributed by atoms with E-state index in [0.717, 1.165) is 31.2 Å². The van der Waals surface area contributed by atoms with Crippen molar-refractivity contribution >= 4 is 17.6 Å². The first-order chi connectivity index (χ1) is 13.5. The van der Waals surface area contributed by atoms with Crippen LogP contribution in [-0.4, -0.2) is 25.6 Å². The molecule has 0 radical (unpaired) electrons. The lowest BCUT2D eigenvalue weighted by Crippen LogP contribution is -2.38. The van der Waals surface area contributed by atoms with Crippen molar-refractivity contribution in [3.8, 4) is 5.75 Å². The molecule has 0 bridgehead atoms. The van der Waals surface area contributed by atoms with E-state index in [0.29, 0.717) is 17.0 Å². The van der Waals surface area contributed by atoms with Gasteiger partial charge in [0, 0.05) is 5.69 Å². The van der Waals surface area contributed by atoms with Gasteiger partial charge >= 0.3 is 5.97 Å². The molecule has 0 unspecified atom stereocenters. The summed E-state index contributed by atoms with van der Waals surface area (Å²) in [6.07, 6.45) is 3.70. The van der Waals surface area contributed by atoms with Crippen molar-refractivity contribution in [1.29, 1.82) is 0 Å². The molecule has 1 N–H and O–H groups in total. The summed E-state index contributed by atoms with van der Waals surface area (Å²) in [7, 11) is 1.50. The molecule has 0 aromatic heterocycles. The Balaban J connectivity index is 1.89. The van der Waals surface area contributed by atoms with Crippen LogP contribution in [0.2, 0.25) is 0 Å². The molecular formula is C23H27NO4. The minimum Gasteiger partial charge on any atom is -0.496 e. The van der Waals surface area contributed by atoms with Crippen LogP contribution < -0.4 is 10.1 Å². The molecule has 1 fully saturated rings. The maximum absolute atomic E-state index is 13.3. The number of amides is 1. The Morgan fingerprint density at radius 3 is 2.36 bits per heavy atom. The Bertz CT molecular complexity index is 851. The van der Waals surface area contributed by atoms with E-state index in [1.54, 1.807) is 25.1 Å². The summed E-state index contributed by atoms with van der Waals surface area (Å²) in [5.41, 5.74) is 2.56. The predicted molar refractivity (Wildman–Crippen MR) is 109 cm³/mol. The highest BCUT2D eigenvalue weighted by atomic mass is 16.5. The number of esters is 1. The van der Waals surface area contributed by atoms with Crippen LogP contribution in [0.25, 0.3) is 0 Å². The Hall–Kier alpha value is -2.82. The topological polar surface area (TPSA) is 64.6 Å². The molecule has 0 aliphatic heterocycles. The van der Waals surface area contributed by atoms with Gasteiger partial charge in [-0.15, -0.1) is 0 Å². The van der Waals surface area contributed by atoms with Gasteiger partial charge in [0.05, 0.1) is 19.1 Å². The number of anilines is 1. The van der Waals surface area contributed by atoms with E-state index >= 15 is 0 Å². The van der Waals surface area contributed by atoms with Crippen molar-refractivity contribution in [2.24, 2.45) is 0 Å². The fraction of sp³-hybridized carbons (Fsp3) is 0.391. The van der Waals surface area contributed by atoms with Gasteiger partial charge in [-0.3, -0.25) is 4.79 Å². The van der Waals surface area contributed by atoms with Gasteiger partial charge in [-0.1, -0.05) is 42.7 Å². The highest BCUT2D eigenvalue weighted by Gasteiger charge is 2.42. The van der Waals surface area contributed by atoms with E-state index < -0.39 is 11.4 Å². The summed E-state index contributed by atoms with van der Waals surface area (Å²) in [5.74, 6) is -0.0797. The number of hydrogen-bond acceptors (Lipinski definition) is 4. The molecule has 3 rings (SSSR count). The van der Waals surface area contributed by atoms with Crippen molar-refractivity contribution in [3.63, 3.8) is 0 Å². The van der Waals surface area contributed by atoms with E-state index in [-0.39, 0.29) is 12.5 Å². The van der Waals surface area contributed by atoms with Gasteiger partial charge in [-0.2, -0.15) is 0 Å². The van der Waals surface area contributed by atoms with E-state index in [9.17, 15) is 9.59 Å². The number of carbonyl (C=O) groups is 2. The third-order valence-corrected chi connectivity index (χ3v) is 5.45. The predicted octanol–water partition coefficient (Wildman–Crippen LogP) is 4.63. The highest BCUT2D eigenvalue weighted by Crippen LogP contribution is 2.42. The second-order valence-corrected chi connectivity index (χ2v) is 7.24. The number of carbonyl (C=O) groups excluding carboxylic acids is 2. The Labute approximate surface area is 166 Å². The van der Waals surface area contributed by atoms with Crippen molar-refractivity contribution in [3.05, 3.63) is 59.2 Å². The van der Waals surface area contributed by atoms with Gasteiger partial charge in [0.15, 0.2) is 0 Å². The number of benzene rings is 2. The Morgan fingerprint density at radius 1 is 1.07 bits per heavy atom. The lowest BCUT2D eigenvalue weighted by Gasteiger charge is -2.28. The maximum Gasteiger partial charge on any atom is 0.341 e. The summed E-state index contributed by atoms with van der Waals surface area (Å²) in [6, 6.07) is 13.2. The van der Waals surface area contributed by atoms with E-state index in [2.05, 4.69) is 29.6 Å². The molecule has 1 amide bonds. The summed E-state index contributed by atoms with van der Waals surface area (Å²) in [6.45, 7) is 4.07. The molecule has 0 spiro atoms. The van der Waals surface area contributed by atoms with Gasteiger partial charge in [0.2, 0.25) is 5.91 Å². The summed E-state index contributed by atoms with van der Waals surface area (Å²) in [5, 5.41) is 3.02. The quantitative estimate of drug-likeness (QED) is 0.741. The molecule has 5 nitrogen and oxygen atoms in total. The molecule has 28 heavy (non-hydrogen) atoms. The third kappa shape index (κ3) is 3.88. The average Bonchev–Trinajstić information content (AvgIpc) is 3.20.